The van der Waals surface area contributed by atoms with E-state index in [4.69, 9.17) is 4.98 Å². The lowest BCUT2D eigenvalue weighted by Gasteiger charge is -2.33. The molecular weight excluding hydrogens is 406 g/mol. The maximum absolute atomic E-state index is 12.5. The number of aryl methyl sites for hydroxylation is 2. The molecule has 0 saturated carbocycles. The average Bonchev–Trinajstić information content (AvgIpc) is 3.00. The van der Waals surface area contributed by atoms with Gasteiger partial charge in [-0.25, -0.2) is 4.98 Å². The lowest BCUT2D eigenvalue weighted by Crippen LogP contribution is -2.45. The lowest BCUT2D eigenvalue weighted by molar-refractivity contribution is 0.0921. The predicted octanol–water partition coefficient (Wildman–Crippen LogP) is 3.44. The van der Waals surface area contributed by atoms with Crippen LogP contribution in [-0.4, -0.2) is 39.8 Å². The molecule has 0 unspecified atom stereocenters. The maximum atomic E-state index is 12.5. The molecule has 0 aliphatic carbocycles. The first-order valence-electron chi connectivity index (χ1n) is 9.12. The number of halogens is 1. The standard InChI is InChI=1S/C20H22BrN5O/c1-13-11-18(25(2)24-13)20(27)22-16-7-9-26(10-8-16)19-6-4-14-3-5-15(21)12-17(14)23-19/h3-6,11-12,16H,7-10H2,1-2H3,(H,22,27). The van der Waals surface area contributed by atoms with Gasteiger partial charge >= 0.3 is 0 Å². The van der Waals surface area contributed by atoms with Crippen molar-refractivity contribution in [1.29, 1.82) is 0 Å². The molecule has 1 saturated heterocycles. The third-order valence-corrected chi connectivity index (χ3v) is 5.52. The van der Waals surface area contributed by atoms with Gasteiger partial charge in [0.05, 0.1) is 11.2 Å². The first-order valence-corrected chi connectivity index (χ1v) is 9.92. The van der Waals surface area contributed by atoms with Gasteiger partial charge in [-0.1, -0.05) is 22.0 Å². The van der Waals surface area contributed by atoms with Crippen molar-refractivity contribution in [2.75, 3.05) is 18.0 Å². The van der Waals surface area contributed by atoms with Crippen LogP contribution in [0.15, 0.2) is 40.9 Å². The first kappa shape index (κ1) is 18.0. The summed E-state index contributed by atoms with van der Waals surface area (Å²) < 4.78 is 2.67. The molecule has 1 aromatic carbocycles. The van der Waals surface area contributed by atoms with Crippen molar-refractivity contribution >= 4 is 38.6 Å². The number of carbonyl (C=O) groups is 1. The molecule has 3 heterocycles. The molecular formula is C20H22BrN5O. The summed E-state index contributed by atoms with van der Waals surface area (Å²) in [6.45, 7) is 3.65. The Labute approximate surface area is 166 Å². The third kappa shape index (κ3) is 3.83. The normalized spacial score (nSPS) is 15.3. The van der Waals surface area contributed by atoms with Gasteiger partial charge in [0, 0.05) is 36.0 Å². The second-order valence-electron chi connectivity index (χ2n) is 7.04. The molecule has 140 valence electrons. The van der Waals surface area contributed by atoms with E-state index in [2.05, 4.69) is 49.4 Å². The Morgan fingerprint density at radius 1 is 1.19 bits per heavy atom. The van der Waals surface area contributed by atoms with Crippen LogP contribution >= 0.6 is 15.9 Å². The number of pyridine rings is 1. The van der Waals surface area contributed by atoms with E-state index in [9.17, 15) is 4.79 Å². The van der Waals surface area contributed by atoms with Gasteiger partial charge in [0.1, 0.15) is 11.5 Å². The van der Waals surface area contributed by atoms with E-state index in [1.165, 1.54) is 0 Å². The van der Waals surface area contributed by atoms with Gasteiger partial charge in [-0.3, -0.25) is 9.48 Å². The molecule has 0 atom stereocenters. The van der Waals surface area contributed by atoms with Gasteiger partial charge in [0.25, 0.3) is 5.91 Å². The van der Waals surface area contributed by atoms with Gasteiger partial charge in [0.2, 0.25) is 0 Å². The van der Waals surface area contributed by atoms with Crippen LogP contribution in [0.1, 0.15) is 29.0 Å². The number of benzene rings is 1. The summed E-state index contributed by atoms with van der Waals surface area (Å²) in [6.07, 6.45) is 1.81. The summed E-state index contributed by atoms with van der Waals surface area (Å²) >= 11 is 3.51. The third-order valence-electron chi connectivity index (χ3n) is 5.03. The van der Waals surface area contributed by atoms with Gasteiger partial charge in [-0.15, -0.1) is 0 Å². The summed E-state index contributed by atoms with van der Waals surface area (Å²) in [5, 5.41) is 8.52. The Hall–Kier alpha value is -2.41. The lowest BCUT2D eigenvalue weighted by atomic mass is 10.0. The van der Waals surface area contributed by atoms with Gasteiger partial charge in [0.15, 0.2) is 0 Å². The van der Waals surface area contributed by atoms with Crippen molar-refractivity contribution in [3.63, 3.8) is 0 Å². The fourth-order valence-corrected chi connectivity index (χ4v) is 3.94. The van der Waals surface area contributed by atoms with E-state index in [0.29, 0.717) is 5.69 Å². The SMILES string of the molecule is Cc1cc(C(=O)NC2CCN(c3ccc4ccc(Br)cc4n3)CC2)n(C)n1. The Bertz CT molecular complexity index is 991. The smallest absolute Gasteiger partial charge is 0.269 e. The van der Waals surface area contributed by atoms with Crippen LogP contribution in [0.4, 0.5) is 5.82 Å². The van der Waals surface area contributed by atoms with Crippen molar-refractivity contribution in [2.24, 2.45) is 7.05 Å². The van der Waals surface area contributed by atoms with Gasteiger partial charge in [-0.05, 0) is 50.1 Å². The van der Waals surface area contributed by atoms with E-state index in [0.717, 1.165) is 52.8 Å². The van der Waals surface area contributed by atoms with Crippen LogP contribution in [0.5, 0.6) is 0 Å². The Morgan fingerprint density at radius 3 is 2.63 bits per heavy atom. The van der Waals surface area contributed by atoms with Crippen molar-refractivity contribution in [3.8, 4) is 0 Å². The average molecular weight is 428 g/mol. The summed E-state index contributed by atoms with van der Waals surface area (Å²) in [7, 11) is 1.80. The summed E-state index contributed by atoms with van der Waals surface area (Å²) in [4.78, 5) is 19.6. The number of piperidine rings is 1. The molecule has 1 N–H and O–H groups in total. The summed E-state index contributed by atoms with van der Waals surface area (Å²) in [5.41, 5.74) is 2.45. The van der Waals surface area contributed by atoms with E-state index in [-0.39, 0.29) is 11.9 Å². The minimum atomic E-state index is -0.0507. The molecule has 1 amide bonds. The molecule has 0 radical (unpaired) electrons. The van der Waals surface area contributed by atoms with Crippen molar-refractivity contribution in [1.82, 2.24) is 20.1 Å². The summed E-state index contributed by atoms with van der Waals surface area (Å²) in [6, 6.07) is 12.3. The zero-order valence-corrected chi connectivity index (χ0v) is 17.0. The number of hydrogen-bond donors (Lipinski definition) is 1. The molecule has 0 bridgehead atoms. The number of anilines is 1. The number of amides is 1. The van der Waals surface area contributed by atoms with Crippen LogP contribution in [0.3, 0.4) is 0 Å². The van der Waals surface area contributed by atoms with E-state index < -0.39 is 0 Å². The minimum absolute atomic E-state index is 0.0507. The molecule has 1 aliphatic heterocycles. The highest BCUT2D eigenvalue weighted by Gasteiger charge is 2.23. The monoisotopic (exact) mass is 427 g/mol. The highest BCUT2D eigenvalue weighted by Crippen LogP contribution is 2.24. The number of aromatic nitrogens is 3. The van der Waals surface area contributed by atoms with Crippen LogP contribution in [0, 0.1) is 6.92 Å². The molecule has 2 aromatic heterocycles. The van der Waals surface area contributed by atoms with Crippen LogP contribution in [-0.2, 0) is 7.05 Å². The molecule has 3 aromatic rings. The number of nitrogens with zero attached hydrogens (tertiary/aromatic N) is 4. The molecule has 0 spiro atoms. The minimum Gasteiger partial charge on any atom is -0.356 e. The van der Waals surface area contributed by atoms with Gasteiger partial charge in [-0.2, -0.15) is 5.10 Å². The topological polar surface area (TPSA) is 63.1 Å². The van der Waals surface area contributed by atoms with Crippen molar-refractivity contribution in [2.45, 2.75) is 25.8 Å². The van der Waals surface area contributed by atoms with E-state index >= 15 is 0 Å². The number of nitrogens with one attached hydrogen (secondary N) is 1. The molecule has 27 heavy (non-hydrogen) atoms. The summed E-state index contributed by atoms with van der Waals surface area (Å²) in [5.74, 6) is 0.942. The predicted molar refractivity (Wildman–Crippen MR) is 110 cm³/mol. The Morgan fingerprint density at radius 2 is 1.93 bits per heavy atom. The zero-order valence-electron chi connectivity index (χ0n) is 15.4. The quantitative estimate of drug-likeness (QED) is 0.695. The molecule has 4 rings (SSSR count). The first-order chi connectivity index (χ1) is 13.0. The van der Waals surface area contributed by atoms with Crippen LogP contribution in [0.25, 0.3) is 10.9 Å². The van der Waals surface area contributed by atoms with Gasteiger partial charge < -0.3 is 10.2 Å². The second-order valence-corrected chi connectivity index (χ2v) is 7.95. The second kappa shape index (κ2) is 7.31. The van der Waals surface area contributed by atoms with Crippen molar-refractivity contribution in [3.05, 3.63) is 52.3 Å². The Kier molecular flexibility index (Phi) is 4.86. The Balaban J connectivity index is 1.40. The molecule has 1 fully saturated rings. The van der Waals surface area contributed by atoms with Crippen LogP contribution < -0.4 is 10.2 Å². The number of hydrogen-bond acceptors (Lipinski definition) is 4. The van der Waals surface area contributed by atoms with Crippen molar-refractivity contribution < 1.29 is 4.79 Å². The number of fused-ring (bicyclic) bond motifs is 1. The molecule has 1 aliphatic rings. The number of rotatable bonds is 3. The largest absolute Gasteiger partial charge is 0.356 e. The molecule has 6 nitrogen and oxygen atoms in total. The fraction of sp³-hybridized carbons (Fsp3) is 0.350. The fourth-order valence-electron chi connectivity index (χ4n) is 3.59. The van der Waals surface area contributed by atoms with Crippen LogP contribution in [0.2, 0.25) is 0 Å². The number of carbonyl (C=O) groups excluding carboxylic acids is 1. The van der Waals surface area contributed by atoms with E-state index in [1.54, 1.807) is 11.7 Å². The zero-order chi connectivity index (χ0) is 19.0. The highest BCUT2D eigenvalue weighted by molar-refractivity contribution is 9.10. The van der Waals surface area contributed by atoms with E-state index in [1.807, 2.05) is 25.1 Å². The highest BCUT2D eigenvalue weighted by atomic mass is 79.9. The maximum Gasteiger partial charge on any atom is 0.269 e. The molecule has 7 heteroatoms.